The first-order valence-corrected chi connectivity index (χ1v) is 4.85. The second kappa shape index (κ2) is 6.12. The van der Waals surface area contributed by atoms with E-state index in [0.717, 1.165) is 0 Å². The lowest BCUT2D eigenvalue weighted by atomic mass is 10.2. The van der Waals surface area contributed by atoms with E-state index in [2.05, 4.69) is 10.6 Å². The summed E-state index contributed by atoms with van der Waals surface area (Å²) in [4.78, 5) is 21.4. The number of nitrogens with one attached hydrogen (secondary N) is 2. The summed E-state index contributed by atoms with van der Waals surface area (Å²) in [6, 6.07) is 8.72. The molecule has 6 heteroatoms. The van der Waals surface area contributed by atoms with Crippen molar-refractivity contribution >= 4 is 17.6 Å². The monoisotopic (exact) mass is 233 g/mol. The van der Waals surface area contributed by atoms with E-state index in [0.29, 0.717) is 11.3 Å². The number of rotatable bonds is 5. The first-order chi connectivity index (χ1) is 8.13. The summed E-state index contributed by atoms with van der Waals surface area (Å²) in [7, 11) is 0. The quantitative estimate of drug-likeness (QED) is 0.672. The van der Waals surface area contributed by atoms with Crippen LogP contribution in [0.15, 0.2) is 24.3 Å². The molecule has 0 heterocycles. The molecule has 1 aromatic rings. The van der Waals surface area contributed by atoms with Crippen molar-refractivity contribution in [2.45, 2.75) is 0 Å². The second-order valence-electron chi connectivity index (χ2n) is 3.18. The van der Waals surface area contributed by atoms with E-state index in [9.17, 15) is 9.59 Å². The van der Waals surface area contributed by atoms with Gasteiger partial charge in [-0.1, -0.05) is 12.1 Å². The van der Waals surface area contributed by atoms with Gasteiger partial charge < -0.3 is 15.7 Å². The van der Waals surface area contributed by atoms with E-state index >= 15 is 0 Å². The Balaban J connectivity index is 2.48. The van der Waals surface area contributed by atoms with Gasteiger partial charge in [0.2, 0.25) is 5.91 Å². The number of carboxylic acid groups (broad SMARTS) is 1. The van der Waals surface area contributed by atoms with Gasteiger partial charge in [-0.2, -0.15) is 5.26 Å². The summed E-state index contributed by atoms with van der Waals surface area (Å²) in [6.07, 6.45) is 0. The van der Waals surface area contributed by atoms with Crippen molar-refractivity contribution in [1.29, 1.82) is 5.26 Å². The lowest BCUT2D eigenvalue weighted by Crippen LogP contribution is -2.33. The first kappa shape index (κ1) is 12.5. The lowest BCUT2D eigenvalue weighted by molar-refractivity contribution is -0.137. The van der Waals surface area contributed by atoms with Gasteiger partial charge in [-0.15, -0.1) is 0 Å². The van der Waals surface area contributed by atoms with Crippen LogP contribution in [0, 0.1) is 11.3 Å². The predicted molar refractivity (Wildman–Crippen MR) is 60.3 cm³/mol. The van der Waals surface area contributed by atoms with Crippen molar-refractivity contribution in [1.82, 2.24) is 5.32 Å². The number of aliphatic carboxylic acids is 1. The second-order valence-corrected chi connectivity index (χ2v) is 3.18. The standard InChI is InChI=1S/C11H11N3O3/c12-5-8-3-1-2-4-9(8)13-6-10(15)14-7-11(16)17/h1-4,13H,6-7H2,(H,14,15)(H,16,17). The Kier molecular flexibility index (Phi) is 4.51. The number of anilines is 1. The van der Waals surface area contributed by atoms with Gasteiger partial charge in [0.15, 0.2) is 0 Å². The smallest absolute Gasteiger partial charge is 0.322 e. The van der Waals surface area contributed by atoms with E-state index in [1.165, 1.54) is 0 Å². The lowest BCUT2D eigenvalue weighted by Gasteiger charge is -2.07. The molecule has 1 rings (SSSR count). The zero-order valence-electron chi connectivity index (χ0n) is 8.93. The molecule has 0 aliphatic carbocycles. The number of carboxylic acids is 1. The van der Waals surface area contributed by atoms with Crippen LogP contribution < -0.4 is 10.6 Å². The van der Waals surface area contributed by atoms with Gasteiger partial charge in [-0.05, 0) is 12.1 Å². The number of para-hydroxylation sites is 1. The van der Waals surface area contributed by atoms with Crippen LogP contribution in [-0.4, -0.2) is 30.1 Å². The fraction of sp³-hybridized carbons (Fsp3) is 0.182. The van der Waals surface area contributed by atoms with Crippen molar-refractivity contribution in [2.24, 2.45) is 0 Å². The summed E-state index contributed by atoms with van der Waals surface area (Å²) in [6.45, 7) is -0.494. The van der Waals surface area contributed by atoms with Crippen LogP contribution in [0.5, 0.6) is 0 Å². The molecular formula is C11H11N3O3. The maximum absolute atomic E-state index is 11.2. The van der Waals surface area contributed by atoms with Gasteiger partial charge in [0.1, 0.15) is 12.6 Å². The van der Waals surface area contributed by atoms with E-state index in [-0.39, 0.29) is 6.54 Å². The zero-order valence-corrected chi connectivity index (χ0v) is 8.93. The molecule has 1 amide bonds. The van der Waals surface area contributed by atoms with Crippen molar-refractivity contribution in [3.05, 3.63) is 29.8 Å². The number of hydrogen-bond acceptors (Lipinski definition) is 4. The number of hydrogen-bond donors (Lipinski definition) is 3. The Bertz CT molecular complexity index is 465. The Morgan fingerprint density at radius 1 is 1.29 bits per heavy atom. The molecule has 0 aliphatic rings. The minimum atomic E-state index is -1.10. The largest absolute Gasteiger partial charge is 0.480 e. The average Bonchev–Trinajstić information content (AvgIpc) is 2.34. The highest BCUT2D eigenvalue weighted by Gasteiger charge is 2.05. The average molecular weight is 233 g/mol. The molecule has 6 nitrogen and oxygen atoms in total. The Labute approximate surface area is 97.9 Å². The molecule has 0 aromatic heterocycles. The normalized spacial score (nSPS) is 9.12. The molecular weight excluding hydrogens is 222 g/mol. The predicted octanol–water partition coefficient (Wildman–Crippen LogP) is 0.171. The van der Waals surface area contributed by atoms with Crippen molar-refractivity contribution in [3.8, 4) is 6.07 Å². The molecule has 17 heavy (non-hydrogen) atoms. The van der Waals surface area contributed by atoms with Gasteiger partial charge in [-0.25, -0.2) is 0 Å². The highest BCUT2D eigenvalue weighted by atomic mass is 16.4. The van der Waals surface area contributed by atoms with E-state index < -0.39 is 18.4 Å². The molecule has 0 atom stereocenters. The van der Waals surface area contributed by atoms with Crippen LogP contribution in [0.3, 0.4) is 0 Å². The van der Waals surface area contributed by atoms with Crippen molar-refractivity contribution in [2.75, 3.05) is 18.4 Å². The number of carbonyl (C=O) groups is 2. The summed E-state index contributed by atoms with van der Waals surface area (Å²) >= 11 is 0. The highest BCUT2D eigenvalue weighted by Crippen LogP contribution is 2.12. The van der Waals surface area contributed by atoms with Crippen LogP contribution in [0.2, 0.25) is 0 Å². The first-order valence-electron chi connectivity index (χ1n) is 4.85. The van der Waals surface area contributed by atoms with Gasteiger partial charge >= 0.3 is 5.97 Å². The third kappa shape index (κ3) is 4.22. The van der Waals surface area contributed by atoms with E-state index in [4.69, 9.17) is 10.4 Å². The highest BCUT2D eigenvalue weighted by molar-refractivity contribution is 5.84. The van der Waals surface area contributed by atoms with Crippen LogP contribution in [0.25, 0.3) is 0 Å². The molecule has 0 saturated carbocycles. The number of amides is 1. The molecule has 3 N–H and O–H groups in total. The van der Waals surface area contributed by atoms with Crippen LogP contribution in [-0.2, 0) is 9.59 Å². The maximum atomic E-state index is 11.2. The topological polar surface area (TPSA) is 102 Å². The molecule has 0 fully saturated rings. The Hall–Kier alpha value is -2.55. The summed E-state index contributed by atoms with van der Waals surface area (Å²) in [5.41, 5.74) is 0.971. The van der Waals surface area contributed by atoms with E-state index in [1.54, 1.807) is 24.3 Å². The SMILES string of the molecule is N#Cc1ccccc1NCC(=O)NCC(=O)O. The van der Waals surface area contributed by atoms with Crippen LogP contribution in [0.4, 0.5) is 5.69 Å². The number of nitrogens with zero attached hydrogens (tertiary/aromatic N) is 1. The zero-order chi connectivity index (χ0) is 12.7. The Morgan fingerprint density at radius 3 is 2.65 bits per heavy atom. The fourth-order valence-electron chi connectivity index (χ4n) is 1.15. The maximum Gasteiger partial charge on any atom is 0.322 e. The molecule has 88 valence electrons. The molecule has 0 aliphatic heterocycles. The van der Waals surface area contributed by atoms with Crippen LogP contribution >= 0.6 is 0 Å². The van der Waals surface area contributed by atoms with Gasteiger partial charge in [0, 0.05) is 0 Å². The summed E-state index contributed by atoms with van der Waals surface area (Å²) in [5.74, 6) is -1.55. The van der Waals surface area contributed by atoms with Gasteiger partial charge in [0.05, 0.1) is 17.8 Å². The van der Waals surface area contributed by atoms with Crippen LogP contribution in [0.1, 0.15) is 5.56 Å². The van der Waals surface area contributed by atoms with Gasteiger partial charge in [0.25, 0.3) is 0 Å². The Morgan fingerprint density at radius 2 is 2.00 bits per heavy atom. The molecule has 0 saturated heterocycles. The summed E-state index contributed by atoms with van der Waals surface area (Å²) in [5, 5.41) is 22.1. The van der Waals surface area contributed by atoms with Gasteiger partial charge in [-0.3, -0.25) is 9.59 Å². The molecule has 0 bridgehead atoms. The number of benzene rings is 1. The minimum Gasteiger partial charge on any atom is -0.480 e. The minimum absolute atomic E-state index is 0.0774. The fourth-order valence-corrected chi connectivity index (χ4v) is 1.15. The number of nitriles is 1. The van der Waals surface area contributed by atoms with Crippen molar-refractivity contribution in [3.63, 3.8) is 0 Å². The van der Waals surface area contributed by atoms with E-state index in [1.807, 2.05) is 6.07 Å². The molecule has 1 aromatic carbocycles. The third-order valence-corrected chi connectivity index (χ3v) is 1.92. The third-order valence-electron chi connectivity index (χ3n) is 1.92. The van der Waals surface area contributed by atoms with Crippen molar-refractivity contribution < 1.29 is 14.7 Å². The number of carbonyl (C=O) groups excluding carboxylic acids is 1. The molecule has 0 unspecified atom stereocenters. The molecule has 0 radical (unpaired) electrons. The molecule has 0 spiro atoms. The summed E-state index contributed by atoms with van der Waals surface area (Å²) < 4.78 is 0.